The van der Waals surface area contributed by atoms with Crippen molar-refractivity contribution in [2.24, 2.45) is 5.92 Å². The highest BCUT2D eigenvalue weighted by Crippen LogP contribution is 2.39. The van der Waals surface area contributed by atoms with Crippen molar-refractivity contribution in [1.29, 1.82) is 0 Å². The SMILES string of the molecule is CCOC(=O)[C@@H]1CC2(CC[C@@H]1NC(=O)C(CC[S+](C)C)NC(=O)OCc1ccccc1)OCCO2.[I-]. The maximum Gasteiger partial charge on any atom is 0.408 e. The van der Waals surface area contributed by atoms with Crippen LogP contribution < -0.4 is 34.6 Å². The molecule has 3 atom stereocenters. The largest absolute Gasteiger partial charge is 1.00 e. The molecular formula is C25H37IN2O7S. The first-order chi connectivity index (χ1) is 16.8. The lowest BCUT2D eigenvalue weighted by Gasteiger charge is -2.40. The van der Waals surface area contributed by atoms with Crippen LogP contribution in [0.3, 0.4) is 0 Å². The molecule has 3 rings (SSSR count). The third-order valence-electron chi connectivity index (χ3n) is 6.22. The lowest BCUT2D eigenvalue weighted by Crippen LogP contribution is -3.00. The molecule has 0 aromatic heterocycles. The summed E-state index contributed by atoms with van der Waals surface area (Å²) in [6.07, 6.45) is 5.38. The highest BCUT2D eigenvalue weighted by atomic mass is 127. The maximum absolute atomic E-state index is 13.3. The number of rotatable bonds is 10. The van der Waals surface area contributed by atoms with Crippen LogP contribution >= 0.6 is 0 Å². The van der Waals surface area contributed by atoms with Gasteiger partial charge in [0.15, 0.2) is 5.79 Å². The van der Waals surface area contributed by atoms with Gasteiger partial charge in [-0.25, -0.2) is 4.79 Å². The van der Waals surface area contributed by atoms with Gasteiger partial charge in [0.05, 0.1) is 38.3 Å². The van der Waals surface area contributed by atoms with Gasteiger partial charge < -0.3 is 53.6 Å². The fourth-order valence-corrected chi connectivity index (χ4v) is 5.10. The van der Waals surface area contributed by atoms with E-state index in [0.29, 0.717) is 38.9 Å². The number of alkyl carbamates (subject to hydrolysis) is 1. The first-order valence-corrected chi connectivity index (χ1v) is 14.3. The minimum Gasteiger partial charge on any atom is -1.00 e. The van der Waals surface area contributed by atoms with E-state index in [1.165, 1.54) is 0 Å². The average molecular weight is 637 g/mol. The summed E-state index contributed by atoms with van der Waals surface area (Å²) in [6, 6.07) is 8.13. The van der Waals surface area contributed by atoms with Gasteiger partial charge in [0, 0.05) is 25.3 Å². The number of carbonyl (C=O) groups excluding carboxylic acids is 3. The van der Waals surface area contributed by atoms with E-state index in [-0.39, 0.29) is 60.0 Å². The number of benzene rings is 1. The second-order valence-corrected chi connectivity index (χ2v) is 11.4. The highest BCUT2D eigenvalue weighted by molar-refractivity contribution is 7.95. The van der Waals surface area contributed by atoms with E-state index < -0.39 is 29.9 Å². The summed E-state index contributed by atoms with van der Waals surface area (Å²) < 4.78 is 22.2. The third-order valence-corrected chi connectivity index (χ3v) is 7.27. The van der Waals surface area contributed by atoms with Crippen molar-refractivity contribution in [3.63, 3.8) is 0 Å². The fourth-order valence-electron chi connectivity index (χ4n) is 4.40. The molecule has 1 saturated carbocycles. The number of halogens is 1. The molecule has 1 aliphatic heterocycles. The molecule has 2 N–H and O–H groups in total. The van der Waals surface area contributed by atoms with Gasteiger partial charge in [-0.05, 0) is 29.8 Å². The van der Waals surface area contributed by atoms with Crippen LogP contribution in [-0.4, -0.2) is 73.9 Å². The number of hydrogen-bond acceptors (Lipinski definition) is 7. The van der Waals surface area contributed by atoms with Crippen LogP contribution in [-0.2, 0) is 46.0 Å². The molecule has 11 heteroatoms. The Bertz CT molecular complexity index is 852. The van der Waals surface area contributed by atoms with E-state index in [1.54, 1.807) is 6.92 Å². The fraction of sp³-hybridized carbons (Fsp3) is 0.640. The Kier molecular flexibility index (Phi) is 12.8. The maximum atomic E-state index is 13.3. The molecule has 2 fully saturated rings. The van der Waals surface area contributed by atoms with E-state index in [9.17, 15) is 14.4 Å². The molecule has 9 nitrogen and oxygen atoms in total. The smallest absolute Gasteiger partial charge is 0.408 e. The molecule has 1 saturated heterocycles. The predicted octanol–water partition coefficient (Wildman–Crippen LogP) is -0.855. The third kappa shape index (κ3) is 9.07. The van der Waals surface area contributed by atoms with Crippen molar-refractivity contribution >= 4 is 28.9 Å². The lowest BCUT2D eigenvalue weighted by molar-refractivity contribution is -0.199. The van der Waals surface area contributed by atoms with Crippen molar-refractivity contribution in [3.8, 4) is 0 Å². The second-order valence-electron chi connectivity index (χ2n) is 9.06. The molecule has 2 aliphatic rings. The highest BCUT2D eigenvalue weighted by Gasteiger charge is 2.48. The molecule has 1 unspecified atom stereocenters. The average Bonchev–Trinajstić information content (AvgIpc) is 3.30. The summed E-state index contributed by atoms with van der Waals surface area (Å²) in [5.74, 6) is -1.34. The van der Waals surface area contributed by atoms with Gasteiger partial charge in [-0.3, -0.25) is 9.59 Å². The second kappa shape index (κ2) is 15.0. The number of amides is 2. The van der Waals surface area contributed by atoms with E-state index in [1.807, 2.05) is 30.3 Å². The minimum absolute atomic E-state index is 0. The molecule has 36 heavy (non-hydrogen) atoms. The first kappa shape index (κ1) is 30.7. The van der Waals surface area contributed by atoms with Gasteiger partial charge in [0.2, 0.25) is 5.91 Å². The summed E-state index contributed by atoms with van der Waals surface area (Å²) in [6.45, 7) is 3.08. The Morgan fingerprint density at radius 1 is 1.14 bits per heavy atom. The zero-order valence-electron chi connectivity index (χ0n) is 21.1. The molecule has 1 aliphatic carbocycles. The van der Waals surface area contributed by atoms with Crippen LogP contribution in [0.15, 0.2) is 30.3 Å². The van der Waals surface area contributed by atoms with E-state index in [4.69, 9.17) is 18.9 Å². The van der Waals surface area contributed by atoms with Crippen molar-refractivity contribution in [2.45, 2.75) is 57.1 Å². The molecule has 1 aromatic carbocycles. The summed E-state index contributed by atoms with van der Waals surface area (Å²) >= 11 is 0. The summed E-state index contributed by atoms with van der Waals surface area (Å²) in [4.78, 5) is 38.5. The van der Waals surface area contributed by atoms with E-state index >= 15 is 0 Å². The van der Waals surface area contributed by atoms with Gasteiger partial charge in [-0.2, -0.15) is 0 Å². The van der Waals surface area contributed by atoms with Gasteiger partial charge in [0.25, 0.3) is 0 Å². The summed E-state index contributed by atoms with van der Waals surface area (Å²) in [7, 11) is 0.0901. The van der Waals surface area contributed by atoms with Crippen LogP contribution in [0.4, 0.5) is 4.79 Å². The van der Waals surface area contributed by atoms with Crippen LogP contribution in [0.25, 0.3) is 0 Å². The van der Waals surface area contributed by atoms with Gasteiger partial charge >= 0.3 is 12.1 Å². The Labute approximate surface area is 233 Å². The molecule has 1 spiro atoms. The van der Waals surface area contributed by atoms with E-state index in [0.717, 1.165) is 11.3 Å². The predicted molar refractivity (Wildman–Crippen MR) is 133 cm³/mol. The summed E-state index contributed by atoms with van der Waals surface area (Å²) in [5, 5.41) is 5.72. The van der Waals surface area contributed by atoms with Crippen LogP contribution in [0.2, 0.25) is 0 Å². The topological polar surface area (TPSA) is 112 Å². The number of nitrogens with one attached hydrogen (secondary N) is 2. The number of ether oxygens (including phenoxy) is 4. The molecule has 2 amide bonds. The number of esters is 1. The standard InChI is InChI=1S/C25H36N2O7S.HI/c1-4-31-23(29)19-16-25(33-13-14-34-25)12-10-20(19)26-22(28)21(11-15-35(2)3)27-24(30)32-17-18-8-6-5-7-9-18;/h5-9,19-21H,4,10-17H2,1-3H3,(H-,26,27,28,30);1H/t19-,20+,21?;/m1./s1. The molecule has 0 radical (unpaired) electrons. The number of carbonyl (C=O) groups is 3. The van der Waals surface area contributed by atoms with Gasteiger partial charge in [0.1, 0.15) is 18.4 Å². The minimum atomic E-state index is -0.795. The van der Waals surface area contributed by atoms with Crippen molar-refractivity contribution < 1.29 is 57.3 Å². The van der Waals surface area contributed by atoms with Gasteiger partial charge in [-0.1, -0.05) is 30.3 Å². The van der Waals surface area contributed by atoms with Gasteiger partial charge in [-0.15, -0.1) is 0 Å². The van der Waals surface area contributed by atoms with Crippen LogP contribution in [0, 0.1) is 5.92 Å². The van der Waals surface area contributed by atoms with Crippen molar-refractivity contribution in [1.82, 2.24) is 10.6 Å². The molecular weight excluding hydrogens is 599 g/mol. The Morgan fingerprint density at radius 3 is 2.47 bits per heavy atom. The Hall–Kier alpha value is -1.57. The molecule has 1 heterocycles. The van der Waals surface area contributed by atoms with Crippen LogP contribution in [0.1, 0.15) is 38.2 Å². The molecule has 1 aromatic rings. The molecule has 0 bridgehead atoms. The molecule has 202 valence electrons. The lowest BCUT2D eigenvalue weighted by atomic mass is 9.80. The zero-order valence-corrected chi connectivity index (χ0v) is 24.1. The van der Waals surface area contributed by atoms with Crippen molar-refractivity contribution in [2.75, 3.05) is 38.1 Å². The first-order valence-electron chi connectivity index (χ1n) is 12.1. The normalized spacial score (nSPS) is 21.3. The van der Waals surface area contributed by atoms with Crippen molar-refractivity contribution in [3.05, 3.63) is 35.9 Å². The quantitative estimate of drug-likeness (QED) is 0.196. The zero-order chi connectivity index (χ0) is 25.3. The van der Waals surface area contributed by atoms with E-state index in [2.05, 4.69) is 23.1 Å². The monoisotopic (exact) mass is 636 g/mol. The summed E-state index contributed by atoms with van der Waals surface area (Å²) in [5.41, 5.74) is 0.858. The van der Waals surface area contributed by atoms with Crippen LogP contribution in [0.5, 0.6) is 0 Å². The Morgan fingerprint density at radius 2 is 1.83 bits per heavy atom. The Balaban J connectivity index is 0.00000456. The number of hydrogen-bond donors (Lipinski definition) is 2.